The summed E-state index contributed by atoms with van der Waals surface area (Å²) >= 11 is 1.81. The maximum atomic E-state index is 11.6. The molecule has 2 atom stereocenters. The average molecular weight is 284 g/mol. The van der Waals surface area contributed by atoms with Crippen LogP contribution in [0.4, 0.5) is 0 Å². The number of aliphatic carboxylic acids is 1. The third kappa shape index (κ3) is 2.73. The van der Waals surface area contributed by atoms with E-state index in [1.807, 2.05) is 54.2 Å². The lowest BCUT2D eigenvalue weighted by Gasteiger charge is -2.16. The second-order valence-corrected chi connectivity index (χ2v) is 6.43. The van der Waals surface area contributed by atoms with Crippen LogP contribution in [0.15, 0.2) is 59.5 Å². The van der Waals surface area contributed by atoms with Crippen LogP contribution in [0.3, 0.4) is 0 Å². The van der Waals surface area contributed by atoms with Gasteiger partial charge in [-0.05, 0) is 30.0 Å². The van der Waals surface area contributed by atoms with Crippen LogP contribution >= 0.6 is 11.8 Å². The van der Waals surface area contributed by atoms with Crippen molar-refractivity contribution in [3.63, 3.8) is 0 Å². The summed E-state index contributed by atoms with van der Waals surface area (Å²) in [5.41, 5.74) is 2.25. The first-order valence-corrected chi connectivity index (χ1v) is 7.64. The van der Waals surface area contributed by atoms with Crippen molar-refractivity contribution < 1.29 is 9.90 Å². The van der Waals surface area contributed by atoms with Gasteiger partial charge in [-0.15, -0.1) is 11.8 Å². The average Bonchev–Trinajstić information content (AvgIpc) is 2.88. The van der Waals surface area contributed by atoms with Crippen molar-refractivity contribution in [2.45, 2.75) is 28.9 Å². The van der Waals surface area contributed by atoms with E-state index in [1.54, 1.807) is 0 Å². The fourth-order valence-corrected chi connectivity index (χ4v) is 4.08. The summed E-state index contributed by atoms with van der Waals surface area (Å²) in [5, 5.41) is 9.85. The summed E-state index contributed by atoms with van der Waals surface area (Å²) in [6.45, 7) is 0. The van der Waals surface area contributed by atoms with Crippen LogP contribution in [0.2, 0.25) is 0 Å². The van der Waals surface area contributed by atoms with Gasteiger partial charge in [0.1, 0.15) is 0 Å². The van der Waals surface area contributed by atoms with Crippen molar-refractivity contribution in [2.24, 2.45) is 0 Å². The Morgan fingerprint density at radius 2 is 1.85 bits per heavy atom. The van der Waals surface area contributed by atoms with Gasteiger partial charge in [-0.2, -0.15) is 0 Å². The Bertz CT molecular complexity index is 584. The molecule has 0 bridgehead atoms. The highest BCUT2D eigenvalue weighted by Gasteiger charge is 2.29. The number of fused-ring (bicyclic) bond motifs is 1. The Labute approximate surface area is 122 Å². The predicted octanol–water partition coefficient (Wildman–Crippen LogP) is 3.96. The molecule has 102 valence electrons. The third-order valence-electron chi connectivity index (χ3n) is 3.71. The molecule has 0 spiro atoms. The van der Waals surface area contributed by atoms with E-state index in [9.17, 15) is 9.90 Å². The van der Waals surface area contributed by atoms with Crippen LogP contribution in [0, 0.1) is 0 Å². The minimum Gasteiger partial charge on any atom is -0.481 e. The summed E-state index contributed by atoms with van der Waals surface area (Å²) in [6.07, 6.45) is 1.65. The fraction of sp³-hybridized carbons (Fsp3) is 0.235. The first-order chi connectivity index (χ1) is 9.74. The van der Waals surface area contributed by atoms with Crippen molar-refractivity contribution in [2.75, 3.05) is 0 Å². The fourth-order valence-electron chi connectivity index (χ4n) is 2.71. The molecule has 0 saturated heterocycles. The zero-order valence-corrected chi connectivity index (χ0v) is 11.8. The highest BCUT2D eigenvalue weighted by molar-refractivity contribution is 8.00. The van der Waals surface area contributed by atoms with E-state index in [2.05, 4.69) is 12.1 Å². The van der Waals surface area contributed by atoms with Gasteiger partial charge in [-0.3, -0.25) is 4.79 Å². The Kier molecular flexibility index (Phi) is 3.79. The molecule has 2 aromatic rings. The van der Waals surface area contributed by atoms with E-state index < -0.39 is 11.9 Å². The van der Waals surface area contributed by atoms with E-state index in [0.717, 1.165) is 12.0 Å². The second kappa shape index (κ2) is 5.71. The van der Waals surface area contributed by atoms with Crippen molar-refractivity contribution in [3.05, 3.63) is 65.7 Å². The van der Waals surface area contributed by atoms with Gasteiger partial charge in [-0.25, -0.2) is 0 Å². The van der Waals surface area contributed by atoms with Gasteiger partial charge in [0.25, 0.3) is 0 Å². The topological polar surface area (TPSA) is 37.3 Å². The summed E-state index contributed by atoms with van der Waals surface area (Å²) in [4.78, 5) is 12.9. The minimum atomic E-state index is -0.729. The zero-order chi connectivity index (χ0) is 13.9. The number of carbonyl (C=O) groups is 1. The molecule has 1 N–H and O–H groups in total. The smallest absolute Gasteiger partial charge is 0.311 e. The lowest BCUT2D eigenvalue weighted by atomic mass is 9.92. The lowest BCUT2D eigenvalue weighted by molar-refractivity contribution is -0.139. The first kappa shape index (κ1) is 13.3. The molecule has 20 heavy (non-hydrogen) atoms. The van der Waals surface area contributed by atoms with E-state index in [4.69, 9.17) is 0 Å². The molecular formula is C17H16O2S. The molecule has 0 radical (unpaired) electrons. The van der Waals surface area contributed by atoms with Crippen LogP contribution in [-0.2, 0) is 11.2 Å². The number of carboxylic acids is 1. The SMILES string of the molecule is O=C(O)C(CC1Cc2ccccc2S1)c1ccccc1. The van der Waals surface area contributed by atoms with E-state index in [0.29, 0.717) is 11.7 Å². The number of rotatable bonds is 4. The van der Waals surface area contributed by atoms with Crippen LogP contribution in [0.1, 0.15) is 23.5 Å². The number of hydrogen-bond acceptors (Lipinski definition) is 2. The second-order valence-electron chi connectivity index (χ2n) is 5.09. The quantitative estimate of drug-likeness (QED) is 0.923. The van der Waals surface area contributed by atoms with Crippen molar-refractivity contribution >= 4 is 17.7 Å². The van der Waals surface area contributed by atoms with Gasteiger partial charge < -0.3 is 5.11 Å². The molecule has 3 rings (SSSR count). The van der Waals surface area contributed by atoms with Gasteiger partial charge in [0.05, 0.1) is 5.92 Å². The third-order valence-corrected chi connectivity index (χ3v) is 5.06. The number of carboxylic acid groups (broad SMARTS) is 1. The molecule has 2 nitrogen and oxygen atoms in total. The van der Waals surface area contributed by atoms with Gasteiger partial charge in [0.2, 0.25) is 0 Å². The molecule has 0 aliphatic carbocycles. The molecule has 1 aliphatic heterocycles. The standard InChI is InChI=1S/C17H16O2S/c18-17(19)15(12-6-2-1-3-7-12)11-14-10-13-8-4-5-9-16(13)20-14/h1-9,14-15H,10-11H2,(H,18,19). The van der Waals surface area contributed by atoms with Crippen molar-refractivity contribution in [3.8, 4) is 0 Å². The molecular weight excluding hydrogens is 268 g/mol. The molecule has 3 heteroatoms. The molecule has 2 unspecified atom stereocenters. The first-order valence-electron chi connectivity index (χ1n) is 6.76. The number of hydrogen-bond donors (Lipinski definition) is 1. The zero-order valence-electron chi connectivity index (χ0n) is 11.0. The summed E-state index contributed by atoms with van der Waals surface area (Å²) < 4.78 is 0. The maximum absolute atomic E-state index is 11.6. The van der Waals surface area contributed by atoms with Crippen molar-refractivity contribution in [1.29, 1.82) is 0 Å². The number of benzene rings is 2. The molecule has 2 aromatic carbocycles. The lowest BCUT2D eigenvalue weighted by Crippen LogP contribution is -2.17. The van der Waals surface area contributed by atoms with E-state index >= 15 is 0 Å². The maximum Gasteiger partial charge on any atom is 0.311 e. The van der Waals surface area contributed by atoms with Gasteiger partial charge in [0.15, 0.2) is 0 Å². The summed E-state index contributed by atoms with van der Waals surface area (Å²) in [5.74, 6) is -1.14. The minimum absolute atomic E-state index is 0.355. The van der Waals surface area contributed by atoms with Gasteiger partial charge in [0, 0.05) is 10.1 Å². The largest absolute Gasteiger partial charge is 0.481 e. The van der Waals surface area contributed by atoms with Crippen LogP contribution in [0.25, 0.3) is 0 Å². The van der Waals surface area contributed by atoms with E-state index in [-0.39, 0.29) is 0 Å². The Hall–Kier alpha value is -1.74. The van der Waals surface area contributed by atoms with Gasteiger partial charge in [-0.1, -0.05) is 48.5 Å². The molecule has 0 fully saturated rings. The Morgan fingerprint density at radius 3 is 2.55 bits per heavy atom. The van der Waals surface area contributed by atoms with E-state index in [1.165, 1.54) is 10.5 Å². The normalized spacial score (nSPS) is 18.5. The monoisotopic (exact) mass is 284 g/mol. The molecule has 0 aromatic heterocycles. The van der Waals surface area contributed by atoms with Crippen LogP contribution in [-0.4, -0.2) is 16.3 Å². The predicted molar refractivity (Wildman–Crippen MR) is 81.2 cm³/mol. The molecule has 0 saturated carbocycles. The Morgan fingerprint density at radius 1 is 1.15 bits per heavy atom. The molecule has 1 heterocycles. The Balaban J connectivity index is 1.75. The summed E-state index contributed by atoms with van der Waals surface area (Å²) in [7, 11) is 0. The highest BCUT2D eigenvalue weighted by Crippen LogP contribution is 2.41. The van der Waals surface area contributed by atoms with Crippen molar-refractivity contribution in [1.82, 2.24) is 0 Å². The highest BCUT2D eigenvalue weighted by atomic mass is 32.2. The van der Waals surface area contributed by atoms with Crippen LogP contribution < -0.4 is 0 Å². The van der Waals surface area contributed by atoms with Crippen LogP contribution in [0.5, 0.6) is 0 Å². The van der Waals surface area contributed by atoms with Gasteiger partial charge >= 0.3 is 5.97 Å². The summed E-state index contributed by atoms with van der Waals surface area (Å²) in [6, 6.07) is 17.9. The number of thioether (sulfide) groups is 1. The molecule has 0 amide bonds. The molecule has 1 aliphatic rings.